The van der Waals surface area contributed by atoms with E-state index in [1.54, 1.807) is 13.3 Å². The molecule has 1 aliphatic rings. The highest BCUT2D eigenvalue weighted by Gasteiger charge is 2.20. The van der Waals surface area contributed by atoms with Crippen molar-refractivity contribution in [3.63, 3.8) is 0 Å². The second-order valence-corrected chi connectivity index (χ2v) is 3.90. The zero-order chi connectivity index (χ0) is 9.97. The Kier molecular flexibility index (Phi) is 2.69. The number of nitrogens with zero attached hydrogens (tertiary/aromatic N) is 1. The normalized spacial score (nSPS) is 17.4. The fourth-order valence-electron chi connectivity index (χ4n) is 1.26. The quantitative estimate of drug-likeness (QED) is 0.826. The molecule has 1 aromatic heterocycles. The van der Waals surface area contributed by atoms with Crippen molar-refractivity contribution < 1.29 is 14.6 Å². The van der Waals surface area contributed by atoms with Gasteiger partial charge in [0.25, 0.3) is 5.19 Å². The predicted octanol–water partition coefficient (Wildman–Crippen LogP) is 1.49. The Labute approximate surface area is 85.8 Å². The van der Waals surface area contributed by atoms with Crippen molar-refractivity contribution in [2.75, 3.05) is 13.7 Å². The first-order valence-corrected chi connectivity index (χ1v) is 5.13. The highest BCUT2D eigenvalue weighted by atomic mass is 32.1. The van der Waals surface area contributed by atoms with Crippen LogP contribution in [0.2, 0.25) is 0 Å². The summed E-state index contributed by atoms with van der Waals surface area (Å²) in [4.78, 5) is 4.73. The van der Waals surface area contributed by atoms with E-state index in [1.807, 2.05) is 6.08 Å². The molecule has 5 heteroatoms. The molecule has 0 radical (unpaired) electrons. The van der Waals surface area contributed by atoms with Crippen molar-refractivity contribution in [2.45, 2.75) is 12.5 Å². The van der Waals surface area contributed by atoms with Crippen LogP contribution in [0.1, 0.15) is 17.4 Å². The number of methoxy groups -OCH3 is 1. The molecule has 0 saturated carbocycles. The first-order valence-electron chi connectivity index (χ1n) is 4.32. The molecule has 0 saturated heterocycles. The van der Waals surface area contributed by atoms with Crippen molar-refractivity contribution >= 4 is 11.3 Å². The van der Waals surface area contributed by atoms with E-state index in [1.165, 1.54) is 11.3 Å². The van der Waals surface area contributed by atoms with Crippen LogP contribution in [0.25, 0.3) is 0 Å². The van der Waals surface area contributed by atoms with Gasteiger partial charge in [-0.25, -0.2) is 4.98 Å². The second-order valence-electron chi connectivity index (χ2n) is 2.88. The molecule has 2 rings (SSSR count). The molecule has 0 spiro atoms. The highest BCUT2D eigenvalue weighted by Crippen LogP contribution is 2.32. The van der Waals surface area contributed by atoms with E-state index in [-0.39, 0.29) is 0 Å². The third-order valence-corrected chi connectivity index (χ3v) is 2.96. The van der Waals surface area contributed by atoms with Gasteiger partial charge in [0.1, 0.15) is 11.9 Å². The fourth-order valence-corrected chi connectivity index (χ4v) is 1.98. The fraction of sp³-hybridized carbons (Fsp3) is 0.444. The Morgan fingerprint density at radius 1 is 1.71 bits per heavy atom. The van der Waals surface area contributed by atoms with Gasteiger partial charge < -0.3 is 14.6 Å². The third kappa shape index (κ3) is 1.73. The zero-order valence-electron chi connectivity index (χ0n) is 7.77. The van der Waals surface area contributed by atoms with Gasteiger partial charge in [0.2, 0.25) is 0 Å². The van der Waals surface area contributed by atoms with Gasteiger partial charge in [-0.1, -0.05) is 11.3 Å². The summed E-state index contributed by atoms with van der Waals surface area (Å²) in [6, 6.07) is 0. The minimum absolute atomic E-state index is 0.553. The lowest BCUT2D eigenvalue weighted by Gasteiger charge is -2.08. The SMILES string of the molecule is COc1ncc(C(O)C2=CCCO2)s1. The van der Waals surface area contributed by atoms with Crippen molar-refractivity contribution in [3.05, 3.63) is 22.9 Å². The van der Waals surface area contributed by atoms with Crippen LogP contribution in [-0.4, -0.2) is 23.8 Å². The van der Waals surface area contributed by atoms with Gasteiger partial charge in [0.15, 0.2) is 0 Å². The van der Waals surface area contributed by atoms with Gasteiger partial charge in [-0.2, -0.15) is 0 Å². The van der Waals surface area contributed by atoms with E-state index in [2.05, 4.69) is 4.98 Å². The molecule has 76 valence electrons. The van der Waals surface area contributed by atoms with Gasteiger partial charge in [-0.15, -0.1) is 0 Å². The van der Waals surface area contributed by atoms with E-state index in [0.717, 1.165) is 11.3 Å². The van der Waals surface area contributed by atoms with E-state index in [0.29, 0.717) is 17.6 Å². The number of thiazole rings is 1. The Bertz CT molecular complexity index is 348. The summed E-state index contributed by atoms with van der Waals surface area (Å²) in [6.45, 7) is 0.655. The lowest BCUT2D eigenvalue weighted by atomic mass is 10.2. The van der Waals surface area contributed by atoms with Crippen LogP contribution in [-0.2, 0) is 4.74 Å². The lowest BCUT2D eigenvalue weighted by Crippen LogP contribution is -1.99. The van der Waals surface area contributed by atoms with Crippen LogP contribution in [0.15, 0.2) is 18.0 Å². The monoisotopic (exact) mass is 213 g/mol. The number of rotatable bonds is 3. The van der Waals surface area contributed by atoms with Crippen molar-refractivity contribution in [2.24, 2.45) is 0 Å². The van der Waals surface area contributed by atoms with E-state index >= 15 is 0 Å². The molecule has 0 fully saturated rings. The van der Waals surface area contributed by atoms with Crippen LogP contribution in [0, 0.1) is 0 Å². The molecule has 1 unspecified atom stereocenters. The topological polar surface area (TPSA) is 51.6 Å². The van der Waals surface area contributed by atoms with Gasteiger partial charge in [0.05, 0.1) is 18.6 Å². The molecule has 4 nitrogen and oxygen atoms in total. The third-order valence-electron chi connectivity index (χ3n) is 1.95. The average Bonchev–Trinajstić information content (AvgIpc) is 2.88. The molecule has 1 N–H and O–H groups in total. The number of aromatic nitrogens is 1. The highest BCUT2D eigenvalue weighted by molar-refractivity contribution is 7.13. The first-order chi connectivity index (χ1) is 6.81. The maximum atomic E-state index is 9.85. The molecule has 0 amide bonds. The van der Waals surface area contributed by atoms with Gasteiger partial charge in [-0.3, -0.25) is 0 Å². The van der Waals surface area contributed by atoms with Gasteiger partial charge in [-0.05, 0) is 6.08 Å². The molecule has 14 heavy (non-hydrogen) atoms. The Balaban J connectivity index is 2.13. The second kappa shape index (κ2) is 3.98. The average molecular weight is 213 g/mol. The molecule has 1 aromatic rings. The summed E-state index contributed by atoms with van der Waals surface area (Å²) in [7, 11) is 1.56. The van der Waals surface area contributed by atoms with Crippen molar-refractivity contribution in [1.82, 2.24) is 4.98 Å². The summed E-state index contributed by atoms with van der Waals surface area (Å²) in [5.41, 5.74) is 0. The number of ether oxygens (including phenoxy) is 2. The minimum atomic E-state index is -0.695. The summed E-state index contributed by atoms with van der Waals surface area (Å²) in [5, 5.41) is 10.4. The smallest absolute Gasteiger partial charge is 0.273 e. The predicted molar refractivity (Wildman–Crippen MR) is 52.3 cm³/mol. The largest absolute Gasteiger partial charge is 0.495 e. The Morgan fingerprint density at radius 2 is 2.57 bits per heavy atom. The maximum absolute atomic E-state index is 9.85. The van der Waals surface area contributed by atoms with Crippen LogP contribution in [0.5, 0.6) is 5.19 Å². The number of aliphatic hydroxyl groups excluding tert-OH is 1. The van der Waals surface area contributed by atoms with Crippen LogP contribution >= 0.6 is 11.3 Å². The minimum Gasteiger partial charge on any atom is -0.495 e. The van der Waals surface area contributed by atoms with Gasteiger partial charge >= 0.3 is 0 Å². The zero-order valence-corrected chi connectivity index (χ0v) is 8.58. The summed E-state index contributed by atoms with van der Waals surface area (Å²) < 4.78 is 10.2. The standard InChI is InChI=1S/C9H11NO3S/c1-12-9-10-5-7(14-9)8(11)6-3-2-4-13-6/h3,5,8,11H,2,4H2,1H3. The lowest BCUT2D eigenvalue weighted by molar-refractivity contribution is 0.121. The number of aliphatic hydroxyl groups is 1. The molecular formula is C9H11NO3S. The van der Waals surface area contributed by atoms with Crippen LogP contribution in [0.4, 0.5) is 0 Å². The van der Waals surface area contributed by atoms with E-state index in [4.69, 9.17) is 9.47 Å². The van der Waals surface area contributed by atoms with E-state index in [9.17, 15) is 5.11 Å². The molecular weight excluding hydrogens is 202 g/mol. The molecule has 0 bridgehead atoms. The van der Waals surface area contributed by atoms with Gasteiger partial charge in [0, 0.05) is 12.6 Å². The summed E-state index contributed by atoms with van der Waals surface area (Å²) >= 11 is 1.32. The Morgan fingerprint density at radius 3 is 3.14 bits per heavy atom. The molecule has 0 aliphatic carbocycles. The molecule has 1 aliphatic heterocycles. The number of hydrogen-bond acceptors (Lipinski definition) is 5. The molecule has 1 atom stereocenters. The van der Waals surface area contributed by atoms with Crippen LogP contribution in [0.3, 0.4) is 0 Å². The van der Waals surface area contributed by atoms with Crippen LogP contribution < -0.4 is 4.74 Å². The molecule has 0 aromatic carbocycles. The van der Waals surface area contributed by atoms with Crippen molar-refractivity contribution in [1.29, 1.82) is 0 Å². The van der Waals surface area contributed by atoms with Crippen molar-refractivity contribution in [3.8, 4) is 5.19 Å². The summed E-state index contributed by atoms with van der Waals surface area (Å²) in [5.74, 6) is 0.622. The molecule has 2 heterocycles. The summed E-state index contributed by atoms with van der Waals surface area (Å²) in [6.07, 6.45) is 3.68. The van der Waals surface area contributed by atoms with E-state index < -0.39 is 6.10 Å². The first kappa shape index (κ1) is 9.48. The Hall–Kier alpha value is -1.07. The maximum Gasteiger partial charge on any atom is 0.273 e. The number of hydrogen-bond donors (Lipinski definition) is 1.